The zero-order chi connectivity index (χ0) is 10.9. The summed E-state index contributed by atoms with van der Waals surface area (Å²) in [5.74, 6) is 0.107. The Balaban J connectivity index is 2.61. The second kappa shape index (κ2) is 3.96. The third kappa shape index (κ3) is 2.04. The Labute approximate surface area is 83.8 Å². The van der Waals surface area contributed by atoms with E-state index in [4.69, 9.17) is 5.73 Å². The minimum atomic E-state index is -0.244. The molecule has 1 heterocycles. The van der Waals surface area contributed by atoms with Gasteiger partial charge in [-0.25, -0.2) is 4.79 Å². The van der Waals surface area contributed by atoms with E-state index in [0.717, 1.165) is 0 Å². The second-order valence-corrected chi connectivity index (χ2v) is 4.05. The molecule has 5 heteroatoms. The summed E-state index contributed by atoms with van der Waals surface area (Å²) < 4.78 is 0. The summed E-state index contributed by atoms with van der Waals surface area (Å²) in [5, 5.41) is 0. The fourth-order valence-electron chi connectivity index (χ4n) is 1.27. The van der Waals surface area contributed by atoms with E-state index in [0.29, 0.717) is 6.54 Å². The summed E-state index contributed by atoms with van der Waals surface area (Å²) in [6.45, 7) is 4.43. The van der Waals surface area contributed by atoms with Gasteiger partial charge in [0.2, 0.25) is 5.91 Å². The first-order chi connectivity index (χ1) is 6.43. The summed E-state index contributed by atoms with van der Waals surface area (Å²) >= 11 is 0. The number of urea groups is 1. The van der Waals surface area contributed by atoms with Crippen LogP contribution in [-0.2, 0) is 4.79 Å². The highest BCUT2D eigenvalue weighted by molar-refractivity contribution is 6.01. The lowest BCUT2D eigenvalue weighted by Gasteiger charge is -2.21. The normalized spacial score (nSPS) is 19.8. The van der Waals surface area contributed by atoms with Crippen LogP contribution in [0.5, 0.6) is 0 Å². The van der Waals surface area contributed by atoms with E-state index in [1.165, 1.54) is 9.80 Å². The van der Waals surface area contributed by atoms with Gasteiger partial charge in [0.1, 0.15) is 6.54 Å². The molecule has 2 N–H and O–H groups in total. The molecule has 0 aromatic heterocycles. The topological polar surface area (TPSA) is 66.6 Å². The first kappa shape index (κ1) is 11.0. The minimum absolute atomic E-state index is 0.144. The number of likely N-dealkylation sites (N-methyl/N-ethyl adjacent to an activating group) is 1. The first-order valence-electron chi connectivity index (χ1n) is 4.74. The van der Waals surface area contributed by atoms with Crippen LogP contribution in [0.4, 0.5) is 4.79 Å². The van der Waals surface area contributed by atoms with Gasteiger partial charge in [0.15, 0.2) is 0 Å². The molecule has 1 unspecified atom stereocenters. The fraction of sp³-hybridized carbons (Fsp3) is 0.778. The first-order valence-corrected chi connectivity index (χ1v) is 4.74. The van der Waals surface area contributed by atoms with E-state index in [1.54, 1.807) is 7.05 Å². The Morgan fingerprint density at radius 3 is 2.36 bits per heavy atom. The number of imide groups is 1. The van der Waals surface area contributed by atoms with Gasteiger partial charge in [-0.05, 0) is 5.92 Å². The number of hydrogen-bond acceptors (Lipinski definition) is 3. The summed E-state index contributed by atoms with van der Waals surface area (Å²) in [7, 11) is 1.61. The Morgan fingerprint density at radius 1 is 1.43 bits per heavy atom. The van der Waals surface area contributed by atoms with Crippen molar-refractivity contribution in [2.45, 2.75) is 19.9 Å². The van der Waals surface area contributed by atoms with Crippen molar-refractivity contribution in [3.63, 3.8) is 0 Å². The predicted molar refractivity (Wildman–Crippen MR) is 52.6 cm³/mol. The van der Waals surface area contributed by atoms with Crippen molar-refractivity contribution in [3.8, 4) is 0 Å². The van der Waals surface area contributed by atoms with Crippen LogP contribution in [0.15, 0.2) is 0 Å². The van der Waals surface area contributed by atoms with Crippen LogP contribution in [0.1, 0.15) is 13.8 Å². The van der Waals surface area contributed by atoms with Crippen LogP contribution in [0.25, 0.3) is 0 Å². The molecular formula is C9H17N3O2. The van der Waals surface area contributed by atoms with Gasteiger partial charge in [-0.15, -0.1) is 0 Å². The van der Waals surface area contributed by atoms with Crippen molar-refractivity contribution in [3.05, 3.63) is 0 Å². The van der Waals surface area contributed by atoms with Crippen LogP contribution in [-0.4, -0.2) is 47.9 Å². The van der Waals surface area contributed by atoms with Crippen molar-refractivity contribution < 1.29 is 9.59 Å². The molecule has 0 radical (unpaired) electrons. The summed E-state index contributed by atoms with van der Waals surface area (Å²) in [6.07, 6.45) is 0. The number of carbonyl (C=O) groups excluding carboxylic acids is 2. The number of hydrogen-bond donors (Lipinski definition) is 1. The number of rotatable bonds is 3. The molecule has 3 amide bonds. The van der Waals surface area contributed by atoms with Crippen LogP contribution in [0.2, 0.25) is 0 Å². The molecule has 0 spiro atoms. The number of nitrogens with two attached hydrogens (primary N) is 1. The monoisotopic (exact) mass is 199 g/mol. The molecule has 1 atom stereocenters. The quantitative estimate of drug-likeness (QED) is 0.643. The Bertz CT molecular complexity index is 252. The maximum atomic E-state index is 11.4. The lowest BCUT2D eigenvalue weighted by Crippen LogP contribution is -2.43. The summed E-state index contributed by atoms with van der Waals surface area (Å²) in [5.41, 5.74) is 5.80. The molecule has 1 fully saturated rings. The van der Waals surface area contributed by atoms with Crippen LogP contribution in [0.3, 0.4) is 0 Å². The predicted octanol–water partition coefficient (Wildman–Crippen LogP) is -0.136. The molecular weight excluding hydrogens is 182 g/mol. The molecule has 0 aromatic rings. The van der Waals surface area contributed by atoms with E-state index >= 15 is 0 Å². The van der Waals surface area contributed by atoms with Crippen molar-refractivity contribution in [2.75, 3.05) is 20.1 Å². The van der Waals surface area contributed by atoms with Gasteiger partial charge in [0.25, 0.3) is 0 Å². The molecule has 1 rings (SSSR count). The third-order valence-corrected chi connectivity index (χ3v) is 2.48. The van der Waals surface area contributed by atoms with Gasteiger partial charge < -0.3 is 10.6 Å². The molecule has 5 nitrogen and oxygen atoms in total. The van der Waals surface area contributed by atoms with E-state index in [1.807, 2.05) is 13.8 Å². The lowest BCUT2D eigenvalue weighted by atomic mass is 10.1. The van der Waals surface area contributed by atoms with Gasteiger partial charge in [-0.1, -0.05) is 13.8 Å². The zero-order valence-electron chi connectivity index (χ0n) is 8.86. The molecule has 1 aliphatic rings. The Kier molecular flexibility index (Phi) is 3.10. The van der Waals surface area contributed by atoms with Crippen molar-refractivity contribution in [1.82, 2.24) is 9.80 Å². The highest BCUT2D eigenvalue weighted by Crippen LogP contribution is 2.10. The number of carbonyl (C=O) groups is 2. The molecule has 0 aromatic carbocycles. The smallest absolute Gasteiger partial charge is 0.326 e. The highest BCUT2D eigenvalue weighted by atomic mass is 16.2. The highest BCUT2D eigenvalue weighted by Gasteiger charge is 2.34. The molecule has 80 valence electrons. The van der Waals surface area contributed by atoms with Gasteiger partial charge in [0, 0.05) is 19.6 Å². The lowest BCUT2D eigenvalue weighted by molar-refractivity contribution is -0.125. The minimum Gasteiger partial charge on any atom is -0.326 e. The molecule has 14 heavy (non-hydrogen) atoms. The van der Waals surface area contributed by atoms with Gasteiger partial charge in [0.05, 0.1) is 0 Å². The van der Waals surface area contributed by atoms with Crippen LogP contribution >= 0.6 is 0 Å². The van der Waals surface area contributed by atoms with E-state index in [9.17, 15) is 9.59 Å². The maximum absolute atomic E-state index is 11.4. The van der Waals surface area contributed by atoms with Crippen LogP contribution < -0.4 is 5.73 Å². The van der Waals surface area contributed by atoms with Gasteiger partial charge in [-0.2, -0.15) is 0 Å². The zero-order valence-corrected chi connectivity index (χ0v) is 8.86. The number of nitrogens with zero attached hydrogens (tertiary/aromatic N) is 2. The molecule has 0 aliphatic carbocycles. The van der Waals surface area contributed by atoms with Gasteiger partial charge >= 0.3 is 6.03 Å². The van der Waals surface area contributed by atoms with Crippen LogP contribution in [0, 0.1) is 5.92 Å². The molecule has 1 aliphatic heterocycles. The SMILES string of the molecule is CC(C)C(N)CN1C(=O)CN(C)C1=O. The van der Waals surface area contributed by atoms with E-state index < -0.39 is 0 Å². The second-order valence-electron chi connectivity index (χ2n) is 4.05. The van der Waals surface area contributed by atoms with Crippen molar-refractivity contribution in [2.24, 2.45) is 11.7 Å². The summed E-state index contributed by atoms with van der Waals surface area (Å²) in [6, 6.07) is -0.388. The van der Waals surface area contributed by atoms with Crippen molar-refractivity contribution >= 4 is 11.9 Å². The summed E-state index contributed by atoms with van der Waals surface area (Å²) in [4.78, 5) is 25.4. The molecule has 0 bridgehead atoms. The Hall–Kier alpha value is -1.10. The largest absolute Gasteiger partial charge is 0.327 e. The molecule has 1 saturated heterocycles. The van der Waals surface area contributed by atoms with E-state index in [2.05, 4.69) is 0 Å². The molecule has 0 saturated carbocycles. The van der Waals surface area contributed by atoms with Crippen molar-refractivity contribution in [1.29, 1.82) is 0 Å². The van der Waals surface area contributed by atoms with E-state index in [-0.39, 0.29) is 30.4 Å². The third-order valence-electron chi connectivity index (χ3n) is 2.48. The number of amides is 3. The maximum Gasteiger partial charge on any atom is 0.327 e. The average molecular weight is 199 g/mol. The van der Waals surface area contributed by atoms with Gasteiger partial charge in [-0.3, -0.25) is 9.69 Å². The fourth-order valence-corrected chi connectivity index (χ4v) is 1.27. The Morgan fingerprint density at radius 2 is 2.00 bits per heavy atom. The standard InChI is InChI=1S/C9H17N3O2/c1-6(2)7(10)4-12-8(13)5-11(3)9(12)14/h6-7H,4-5,10H2,1-3H3. The average Bonchev–Trinajstić information content (AvgIpc) is 2.32.